The molecule has 202 valence electrons. The molecule has 3 amide bonds. The van der Waals surface area contributed by atoms with E-state index in [1.807, 2.05) is 13.8 Å². The second-order valence-electron chi connectivity index (χ2n) is 9.09. The zero-order valence-electron chi connectivity index (χ0n) is 20.7. The van der Waals surface area contributed by atoms with E-state index >= 15 is 0 Å². The Morgan fingerprint density at radius 3 is 2.11 bits per heavy atom. The normalized spacial score (nSPS) is 14.3. The van der Waals surface area contributed by atoms with Crippen LogP contribution in [-0.2, 0) is 32.0 Å². The van der Waals surface area contributed by atoms with Crippen molar-refractivity contribution in [1.29, 1.82) is 0 Å². The molecule has 1 aromatic heterocycles. The number of aliphatic carboxylic acids is 1. The first kappa shape index (κ1) is 29.6. The maximum atomic E-state index is 13.2. The van der Waals surface area contributed by atoms with Crippen molar-refractivity contribution in [2.75, 3.05) is 5.75 Å². The van der Waals surface area contributed by atoms with Crippen LogP contribution >= 0.6 is 12.6 Å². The van der Waals surface area contributed by atoms with Gasteiger partial charge in [0.15, 0.2) is 0 Å². The second kappa shape index (κ2) is 14.2. The second-order valence-corrected chi connectivity index (χ2v) is 9.46. The van der Waals surface area contributed by atoms with Crippen LogP contribution in [0.2, 0.25) is 0 Å². The highest BCUT2D eigenvalue weighted by molar-refractivity contribution is 7.80. The highest BCUT2D eigenvalue weighted by atomic mass is 32.1. The summed E-state index contributed by atoms with van der Waals surface area (Å²) in [5.41, 5.74) is 6.84. The van der Waals surface area contributed by atoms with Crippen LogP contribution in [0.15, 0.2) is 36.8 Å². The molecule has 12 nitrogen and oxygen atoms in total. The Hall–Kier alpha value is -3.58. The first-order valence-corrected chi connectivity index (χ1v) is 12.4. The first-order chi connectivity index (χ1) is 17.5. The van der Waals surface area contributed by atoms with Gasteiger partial charge in [0.1, 0.15) is 23.9 Å². The molecule has 0 spiro atoms. The molecule has 0 aliphatic rings. The summed E-state index contributed by atoms with van der Waals surface area (Å²) in [5.74, 6) is -3.01. The number of phenolic OH excluding ortho intramolecular Hbond substituents is 1. The number of carbonyl (C=O) groups excluding carboxylic acids is 3. The van der Waals surface area contributed by atoms with Crippen LogP contribution in [0, 0.1) is 5.92 Å². The van der Waals surface area contributed by atoms with Gasteiger partial charge in [-0.3, -0.25) is 14.4 Å². The number of aromatic nitrogens is 2. The summed E-state index contributed by atoms with van der Waals surface area (Å²) in [6, 6.07) is 1.60. The molecule has 8 N–H and O–H groups in total. The standard InChI is InChI=1S/C24H34N6O6S/c1-13(2)7-18(28-21(32)17(25)11-37)22(33)29-19(9-15-10-26-12-27-15)23(34)30-20(24(35)36)8-14-3-5-16(31)6-4-14/h3-6,10,12-13,17-20,31,37H,7-9,11,25H2,1-2H3,(H,26,27)(H,28,32)(H,29,33)(H,30,34)(H,35,36). The van der Waals surface area contributed by atoms with Crippen LogP contribution in [-0.4, -0.2) is 73.8 Å². The molecule has 0 aliphatic heterocycles. The van der Waals surface area contributed by atoms with Gasteiger partial charge in [-0.1, -0.05) is 26.0 Å². The zero-order chi connectivity index (χ0) is 27.5. The topological polar surface area (TPSA) is 200 Å². The van der Waals surface area contributed by atoms with Crippen LogP contribution in [0.5, 0.6) is 5.75 Å². The van der Waals surface area contributed by atoms with Crippen LogP contribution < -0.4 is 21.7 Å². The molecule has 4 atom stereocenters. The number of aromatic amines is 1. The maximum absolute atomic E-state index is 13.2. The number of phenols is 1. The van der Waals surface area contributed by atoms with E-state index in [-0.39, 0.29) is 36.7 Å². The summed E-state index contributed by atoms with van der Waals surface area (Å²) >= 11 is 4.01. The van der Waals surface area contributed by atoms with E-state index in [0.717, 1.165) is 0 Å². The Kier molecular flexibility index (Phi) is 11.4. The van der Waals surface area contributed by atoms with Gasteiger partial charge in [-0.15, -0.1) is 0 Å². The molecule has 0 radical (unpaired) electrons. The molecule has 13 heteroatoms. The van der Waals surface area contributed by atoms with Crippen molar-refractivity contribution in [3.05, 3.63) is 48.0 Å². The molecular formula is C24H34N6O6S. The number of nitrogens with one attached hydrogen (secondary N) is 4. The number of carbonyl (C=O) groups is 4. The third kappa shape index (κ3) is 9.77. The van der Waals surface area contributed by atoms with Crippen LogP contribution in [0.4, 0.5) is 0 Å². The van der Waals surface area contributed by atoms with Crippen molar-refractivity contribution < 1.29 is 29.4 Å². The number of imidazole rings is 1. The minimum absolute atomic E-state index is 0.00161. The minimum Gasteiger partial charge on any atom is -0.508 e. The smallest absolute Gasteiger partial charge is 0.326 e. The quantitative estimate of drug-likeness (QED) is 0.152. The fourth-order valence-corrected chi connectivity index (χ4v) is 3.67. The molecule has 2 aromatic rings. The summed E-state index contributed by atoms with van der Waals surface area (Å²) in [6.45, 7) is 3.75. The SMILES string of the molecule is CC(C)CC(NC(=O)C(N)CS)C(=O)NC(Cc1cnc[nH]1)C(=O)NC(Cc1ccc(O)cc1)C(=O)O. The van der Waals surface area contributed by atoms with Gasteiger partial charge in [0.05, 0.1) is 12.4 Å². The van der Waals surface area contributed by atoms with Crippen molar-refractivity contribution >= 4 is 36.3 Å². The number of rotatable bonds is 14. The van der Waals surface area contributed by atoms with Crippen LogP contribution in [0.3, 0.4) is 0 Å². The monoisotopic (exact) mass is 534 g/mol. The first-order valence-electron chi connectivity index (χ1n) is 11.8. The Morgan fingerprint density at radius 1 is 0.973 bits per heavy atom. The van der Waals surface area contributed by atoms with Gasteiger partial charge in [0, 0.05) is 30.5 Å². The van der Waals surface area contributed by atoms with Gasteiger partial charge in [-0.25, -0.2) is 9.78 Å². The van der Waals surface area contributed by atoms with Gasteiger partial charge >= 0.3 is 5.97 Å². The molecule has 0 bridgehead atoms. The average Bonchev–Trinajstić information content (AvgIpc) is 3.36. The van der Waals surface area contributed by atoms with Gasteiger partial charge in [0.2, 0.25) is 17.7 Å². The van der Waals surface area contributed by atoms with E-state index in [4.69, 9.17) is 5.73 Å². The van der Waals surface area contributed by atoms with Gasteiger partial charge in [-0.05, 0) is 30.0 Å². The number of thiol groups is 1. The molecule has 0 fully saturated rings. The van der Waals surface area contributed by atoms with Gasteiger partial charge < -0.3 is 36.9 Å². The lowest BCUT2D eigenvalue weighted by Gasteiger charge is -2.26. The van der Waals surface area contributed by atoms with Gasteiger partial charge in [0.25, 0.3) is 0 Å². The van der Waals surface area contributed by atoms with Crippen LogP contribution in [0.25, 0.3) is 0 Å². The number of H-pyrrole nitrogens is 1. The van der Waals surface area contributed by atoms with Crippen LogP contribution in [0.1, 0.15) is 31.5 Å². The number of amides is 3. The van der Waals surface area contributed by atoms with E-state index in [2.05, 4.69) is 38.5 Å². The molecule has 0 saturated heterocycles. The highest BCUT2D eigenvalue weighted by Crippen LogP contribution is 2.12. The molecule has 1 heterocycles. The van der Waals surface area contributed by atoms with E-state index in [1.165, 1.54) is 24.7 Å². The fourth-order valence-electron chi connectivity index (χ4n) is 3.50. The number of hydrogen-bond acceptors (Lipinski definition) is 8. The summed E-state index contributed by atoms with van der Waals surface area (Å²) in [7, 11) is 0. The number of nitrogens with two attached hydrogens (primary N) is 1. The highest BCUT2D eigenvalue weighted by Gasteiger charge is 2.31. The maximum Gasteiger partial charge on any atom is 0.326 e. The molecule has 37 heavy (non-hydrogen) atoms. The largest absolute Gasteiger partial charge is 0.508 e. The van der Waals surface area contributed by atoms with E-state index in [9.17, 15) is 29.4 Å². The van der Waals surface area contributed by atoms with Crippen molar-refractivity contribution in [1.82, 2.24) is 25.9 Å². The van der Waals surface area contributed by atoms with Crippen molar-refractivity contribution in [2.24, 2.45) is 11.7 Å². The zero-order valence-corrected chi connectivity index (χ0v) is 21.6. The summed E-state index contributed by atoms with van der Waals surface area (Å²) in [5, 5.41) is 26.9. The molecule has 2 rings (SSSR count). The number of carboxylic acids is 1. The lowest BCUT2D eigenvalue weighted by atomic mass is 10.0. The predicted molar refractivity (Wildman–Crippen MR) is 139 cm³/mol. The summed E-state index contributed by atoms with van der Waals surface area (Å²) < 4.78 is 0. The Labute approximate surface area is 220 Å². The molecule has 4 unspecified atom stereocenters. The van der Waals surface area contributed by atoms with Crippen molar-refractivity contribution in [3.63, 3.8) is 0 Å². The molecule has 1 aromatic carbocycles. The van der Waals surface area contributed by atoms with E-state index in [1.54, 1.807) is 12.1 Å². The van der Waals surface area contributed by atoms with Gasteiger partial charge in [-0.2, -0.15) is 12.6 Å². The van der Waals surface area contributed by atoms with E-state index in [0.29, 0.717) is 11.3 Å². The predicted octanol–water partition coefficient (Wildman–Crippen LogP) is -0.257. The number of benzene rings is 1. The fraction of sp³-hybridized carbons (Fsp3) is 0.458. The van der Waals surface area contributed by atoms with Crippen molar-refractivity contribution in [2.45, 2.75) is 57.3 Å². The third-order valence-electron chi connectivity index (χ3n) is 5.48. The number of hydrogen-bond donors (Lipinski definition) is 8. The lowest BCUT2D eigenvalue weighted by molar-refractivity contribution is -0.142. The molecular weight excluding hydrogens is 500 g/mol. The average molecular weight is 535 g/mol. The number of carboxylic acid groups (broad SMARTS) is 1. The third-order valence-corrected chi connectivity index (χ3v) is 5.87. The Bertz CT molecular complexity index is 1050. The Balaban J connectivity index is 2.21. The molecule has 0 saturated carbocycles. The summed E-state index contributed by atoms with van der Waals surface area (Å²) in [6.07, 6.45) is 3.14. The molecule has 0 aliphatic carbocycles. The van der Waals surface area contributed by atoms with Crippen molar-refractivity contribution in [3.8, 4) is 5.75 Å². The number of nitrogens with zero attached hydrogens (tertiary/aromatic N) is 1. The van der Waals surface area contributed by atoms with E-state index < -0.39 is 47.9 Å². The summed E-state index contributed by atoms with van der Waals surface area (Å²) in [4.78, 5) is 57.4. The Morgan fingerprint density at radius 2 is 1.57 bits per heavy atom. The number of aromatic hydroxyl groups is 1. The lowest BCUT2D eigenvalue weighted by Crippen LogP contribution is -2.58. The minimum atomic E-state index is -1.29.